The van der Waals surface area contributed by atoms with E-state index in [1.807, 2.05) is 18.2 Å². The normalized spacial score (nSPS) is 28.8. The highest BCUT2D eigenvalue weighted by atomic mass is 16.3. The van der Waals surface area contributed by atoms with Gasteiger partial charge in [-0.3, -0.25) is 19.4 Å². The maximum absolute atomic E-state index is 13.6. The number of anilines is 1. The molecule has 3 atom stereocenters. The van der Waals surface area contributed by atoms with Crippen LogP contribution in [0.25, 0.3) is 0 Å². The fourth-order valence-corrected chi connectivity index (χ4v) is 7.04. The van der Waals surface area contributed by atoms with E-state index in [-0.39, 0.29) is 24.3 Å². The molecule has 0 spiro atoms. The Hall–Kier alpha value is -2.74. The lowest BCUT2D eigenvalue weighted by Crippen LogP contribution is -2.54. The van der Waals surface area contributed by atoms with Gasteiger partial charge in [0.05, 0.1) is 18.2 Å². The Balaban J connectivity index is 1.21. The van der Waals surface area contributed by atoms with Crippen LogP contribution in [0.15, 0.2) is 42.5 Å². The summed E-state index contributed by atoms with van der Waals surface area (Å²) in [6, 6.07) is 15.1. The van der Waals surface area contributed by atoms with Crippen molar-refractivity contribution in [3.63, 3.8) is 0 Å². The Morgan fingerprint density at radius 1 is 1.09 bits per heavy atom. The van der Waals surface area contributed by atoms with Crippen LogP contribution in [0.3, 0.4) is 0 Å². The number of hydrogen-bond donors (Lipinski definition) is 2. The van der Waals surface area contributed by atoms with E-state index in [2.05, 4.69) is 40.4 Å². The number of hydrogen-bond acceptors (Lipinski definition) is 5. The number of likely N-dealkylation sites (tertiary alicyclic amines) is 1. The van der Waals surface area contributed by atoms with E-state index in [9.17, 15) is 14.7 Å². The van der Waals surface area contributed by atoms with Gasteiger partial charge in [0.1, 0.15) is 0 Å². The first kappa shape index (κ1) is 22.7. The van der Waals surface area contributed by atoms with Gasteiger partial charge in [0, 0.05) is 44.3 Å². The first-order chi connectivity index (χ1) is 16.9. The summed E-state index contributed by atoms with van der Waals surface area (Å²) < 4.78 is 0. The van der Waals surface area contributed by atoms with Gasteiger partial charge >= 0.3 is 0 Å². The number of rotatable bonds is 4. The van der Waals surface area contributed by atoms with Gasteiger partial charge in [0.15, 0.2) is 5.60 Å². The fraction of sp³-hybridized carbons (Fsp3) is 0.500. The number of piperidine rings is 1. The molecular formula is C28H34N4O3. The molecule has 1 aliphatic carbocycles. The third-order valence-corrected chi connectivity index (χ3v) is 8.79. The van der Waals surface area contributed by atoms with Gasteiger partial charge in [-0.1, -0.05) is 36.4 Å². The van der Waals surface area contributed by atoms with Crippen LogP contribution in [0, 0.1) is 0 Å². The Morgan fingerprint density at radius 3 is 2.60 bits per heavy atom. The molecule has 1 fully saturated rings. The number of para-hydroxylation sites is 1. The first-order valence-electron chi connectivity index (χ1n) is 12.8. The predicted octanol–water partition coefficient (Wildman–Crippen LogP) is 1.98. The van der Waals surface area contributed by atoms with Crippen molar-refractivity contribution in [3.8, 4) is 0 Å². The molecule has 3 heterocycles. The topological polar surface area (TPSA) is 76.1 Å². The number of carbonyl (C=O) groups excluding carboxylic acids is 2. The minimum atomic E-state index is -1.80. The second kappa shape index (κ2) is 8.43. The predicted molar refractivity (Wildman–Crippen MR) is 134 cm³/mol. The van der Waals surface area contributed by atoms with E-state index in [1.165, 1.54) is 18.2 Å². The van der Waals surface area contributed by atoms with E-state index >= 15 is 0 Å². The average Bonchev–Trinajstić information content (AvgIpc) is 3.37. The molecule has 0 bridgehead atoms. The highest BCUT2D eigenvalue weighted by Gasteiger charge is 2.53. The zero-order valence-corrected chi connectivity index (χ0v) is 20.5. The average molecular weight is 475 g/mol. The maximum atomic E-state index is 13.6. The summed E-state index contributed by atoms with van der Waals surface area (Å²) in [6.45, 7) is 2.93. The second-order valence-electron chi connectivity index (χ2n) is 10.6. The Kier molecular flexibility index (Phi) is 5.47. The van der Waals surface area contributed by atoms with Crippen LogP contribution in [0.4, 0.5) is 5.69 Å². The lowest BCUT2D eigenvalue weighted by atomic mass is 9.91. The van der Waals surface area contributed by atoms with Gasteiger partial charge in [-0.05, 0) is 55.5 Å². The molecule has 2 amide bonds. The molecular weight excluding hydrogens is 440 g/mol. The van der Waals surface area contributed by atoms with Crippen molar-refractivity contribution in [1.82, 2.24) is 15.1 Å². The maximum Gasteiger partial charge on any atom is 0.264 e. The molecule has 35 heavy (non-hydrogen) atoms. The molecule has 4 aliphatic rings. The zero-order chi connectivity index (χ0) is 24.3. The van der Waals surface area contributed by atoms with Gasteiger partial charge in [-0.15, -0.1) is 0 Å². The first-order valence-corrected chi connectivity index (χ1v) is 12.8. The van der Waals surface area contributed by atoms with Crippen LogP contribution >= 0.6 is 0 Å². The van der Waals surface area contributed by atoms with Crippen molar-refractivity contribution in [2.24, 2.45) is 0 Å². The molecule has 0 radical (unpaired) electrons. The van der Waals surface area contributed by atoms with Crippen molar-refractivity contribution >= 4 is 17.5 Å². The standard InChI is InChI=1S/C28H34N4O3/c1-29-24(33)17-28(35)21-8-3-4-9-22(21)32(27(28)34)20-11-14-31(15-12-20)23-16-19-7-5-6-18-10-13-30(2)26(23)25(18)19/h3-9,20,23,26,35H,10-17H2,1-2H3,(H,29,33). The molecule has 2 aromatic carbocycles. The van der Waals surface area contributed by atoms with E-state index in [1.54, 1.807) is 16.5 Å². The Bertz CT molecular complexity index is 1170. The van der Waals surface area contributed by atoms with Gasteiger partial charge in [0.2, 0.25) is 5.91 Å². The molecule has 2 N–H and O–H groups in total. The fourth-order valence-electron chi connectivity index (χ4n) is 7.04. The molecule has 6 rings (SSSR count). The van der Waals surface area contributed by atoms with Crippen LogP contribution in [-0.4, -0.2) is 72.5 Å². The molecule has 0 saturated carbocycles. The molecule has 0 aromatic heterocycles. The van der Waals surface area contributed by atoms with E-state index in [0.717, 1.165) is 51.0 Å². The number of benzene rings is 2. The molecule has 184 valence electrons. The van der Waals surface area contributed by atoms with E-state index in [4.69, 9.17) is 0 Å². The minimum absolute atomic E-state index is 0.0158. The largest absolute Gasteiger partial charge is 0.375 e. The summed E-state index contributed by atoms with van der Waals surface area (Å²) in [5.74, 6) is -0.713. The number of nitrogens with one attached hydrogen (secondary N) is 1. The molecule has 1 saturated heterocycles. The molecule has 7 nitrogen and oxygen atoms in total. The SMILES string of the molecule is CNC(=O)CC1(O)C(=O)N(C2CCN(C3Cc4cccc5c4C3N(C)CC5)CC2)c2ccccc21. The van der Waals surface area contributed by atoms with Crippen LogP contribution in [0.1, 0.15) is 47.6 Å². The van der Waals surface area contributed by atoms with Gasteiger partial charge < -0.3 is 15.3 Å². The van der Waals surface area contributed by atoms with Crippen LogP contribution in [-0.2, 0) is 28.0 Å². The van der Waals surface area contributed by atoms with E-state index < -0.39 is 5.60 Å². The highest BCUT2D eigenvalue weighted by Crippen LogP contribution is 2.46. The van der Waals surface area contributed by atoms with Gasteiger partial charge in [-0.25, -0.2) is 0 Å². The van der Waals surface area contributed by atoms with Crippen molar-refractivity contribution in [2.45, 2.75) is 55.8 Å². The number of fused-ring (bicyclic) bond motifs is 1. The van der Waals surface area contributed by atoms with Gasteiger partial charge in [0.25, 0.3) is 5.91 Å². The highest BCUT2D eigenvalue weighted by molar-refractivity contribution is 6.09. The number of likely N-dealkylation sites (N-methyl/N-ethyl adjacent to an activating group) is 1. The summed E-state index contributed by atoms with van der Waals surface area (Å²) in [4.78, 5) is 32.7. The summed E-state index contributed by atoms with van der Waals surface area (Å²) in [5, 5.41) is 13.9. The summed E-state index contributed by atoms with van der Waals surface area (Å²) in [6.07, 6.45) is 3.66. The third-order valence-electron chi connectivity index (χ3n) is 8.79. The number of aliphatic hydroxyl groups is 1. The van der Waals surface area contributed by atoms with Crippen molar-refractivity contribution in [1.29, 1.82) is 0 Å². The lowest BCUT2D eigenvalue weighted by molar-refractivity contribution is -0.143. The second-order valence-corrected chi connectivity index (χ2v) is 10.6. The molecule has 2 aromatic rings. The minimum Gasteiger partial charge on any atom is -0.375 e. The lowest BCUT2D eigenvalue weighted by Gasteiger charge is -2.44. The quantitative estimate of drug-likeness (QED) is 0.709. The van der Waals surface area contributed by atoms with Crippen molar-refractivity contribution in [3.05, 3.63) is 64.7 Å². The smallest absolute Gasteiger partial charge is 0.264 e. The Labute approximate surface area is 206 Å². The third kappa shape index (κ3) is 3.44. The van der Waals surface area contributed by atoms with Crippen LogP contribution in [0.2, 0.25) is 0 Å². The zero-order valence-electron chi connectivity index (χ0n) is 20.5. The van der Waals surface area contributed by atoms with Crippen molar-refractivity contribution in [2.75, 3.05) is 38.6 Å². The number of carbonyl (C=O) groups is 2. The number of nitrogens with zero attached hydrogens (tertiary/aromatic N) is 3. The summed E-state index contributed by atoms with van der Waals surface area (Å²) >= 11 is 0. The molecule has 3 aliphatic heterocycles. The number of amides is 2. The van der Waals surface area contributed by atoms with Crippen LogP contribution < -0.4 is 10.2 Å². The summed E-state index contributed by atoms with van der Waals surface area (Å²) in [5.41, 5.74) is 4.04. The van der Waals surface area contributed by atoms with Gasteiger partial charge in [-0.2, -0.15) is 0 Å². The summed E-state index contributed by atoms with van der Waals surface area (Å²) in [7, 11) is 3.78. The Morgan fingerprint density at radius 2 is 1.83 bits per heavy atom. The molecule has 7 heteroatoms. The van der Waals surface area contributed by atoms with Crippen LogP contribution in [0.5, 0.6) is 0 Å². The monoisotopic (exact) mass is 474 g/mol. The molecule has 3 unspecified atom stereocenters. The van der Waals surface area contributed by atoms with Crippen molar-refractivity contribution < 1.29 is 14.7 Å². The van der Waals surface area contributed by atoms with E-state index in [0.29, 0.717) is 17.6 Å².